The van der Waals surface area contributed by atoms with Crippen molar-refractivity contribution in [3.63, 3.8) is 0 Å². The van der Waals surface area contributed by atoms with Gasteiger partial charge in [0, 0.05) is 36.1 Å². The molecule has 1 heterocycles. The maximum Gasteiger partial charge on any atom is 0.411 e. The molecule has 7 heteroatoms. The van der Waals surface area contributed by atoms with Gasteiger partial charge in [-0.1, -0.05) is 42.5 Å². The van der Waals surface area contributed by atoms with Crippen molar-refractivity contribution in [2.75, 3.05) is 37.8 Å². The van der Waals surface area contributed by atoms with Crippen molar-refractivity contribution in [2.24, 2.45) is 0 Å². The van der Waals surface area contributed by atoms with Gasteiger partial charge in [-0.25, -0.2) is 4.79 Å². The fourth-order valence-electron chi connectivity index (χ4n) is 4.74. The van der Waals surface area contributed by atoms with E-state index in [1.54, 1.807) is 18.2 Å². The Balaban J connectivity index is 1.44. The second-order valence-corrected chi connectivity index (χ2v) is 10.6. The van der Waals surface area contributed by atoms with Crippen molar-refractivity contribution in [2.45, 2.75) is 38.7 Å². The summed E-state index contributed by atoms with van der Waals surface area (Å²) < 4.78 is 6.71. The number of nitrogens with zero attached hydrogens (tertiary/aromatic N) is 1. The average Bonchev–Trinajstić information content (AvgIpc) is 2.90. The Bertz CT molecular complexity index is 1290. The third-order valence-electron chi connectivity index (χ3n) is 7.09. The number of benzene rings is 3. The van der Waals surface area contributed by atoms with Crippen molar-refractivity contribution in [3.8, 4) is 11.1 Å². The Hall–Kier alpha value is -3.97. The predicted octanol–water partition coefficient (Wildman–Crippen LogP) is 5.83. The second-order valence-electron chi connectivity index (χ2n) is 10.6. The van der Waals surface area contributed by atoms with Gasteiger partial charge in [-0.3, -0.25) is 14.9 Å². The molecule has 2 N–H and O–H groups in total. The fraction of sp³-hybridized carbons (Fsp3) is 0.323. The number of piperidine rings is 1. The molecule has 198 valence electrons. The smallest absolute Gasteiger partial charge is 0.411 e. The minimum atomic E-state index is -0.455. The van der Waals surface area contributed by atoms with E-state index in [2.05, 4.69) is 24.7 Å². The quantitative estimate of drug-likeness (QED) is 0.292. The highest BCUT2D eigenvalue weighted by Crippen LogP contribution is 2.30. The maximum atomic E-state index is 12.9. The van der Waals surface area contributed by atoms with E-state index >= 15 is 0 Å². The van der Waals surface area contributed by atoms with E-state index in [9.17, 15) is 14.4 Å². The van der Waals surface area contributed by atoms with Crippen LogP contribution in [0.2, 0.25) is 0 Å². The highest BCUT2D eigenvalue weighted by Gasteiger charge is 2.28. The molecule has 0 aliphatic carbocycles. The summed E-state index contributed by atoms with van der Waals surface area (Å²) in [4.78, 5) is 36.5. The van der Waals surface area contributed by atoms with E-state index in [0.29, 0.717) is 23.4 Å². The van der Waals surface area contributed by atoms with Gasteiger partial charge in [0.1, 0.15) is 12.4 Å². The minimum absolute atomic E-state index is 0.0859. The molecule has 1 fully saturated rings. The van der Waals surface area contributed by atoms with Crippen LogP contribution in [0.15, 0.2) is 66.7 Å². The van der Waals surface area contributed by atoms with Gasteiger partial charge in [0.15, 0.2) is 0 Å². The lowest BCUT2D eigenvalue weighted by atomic mass is 9.99. The zero-order chi connectivity index (χ0) is 27.1. The van der Waals surface area contributed by atoms with Crippen molar-refractivity contribution >= 4 is 29.7 Å². The number of amides is 2. The lowest BCUT2D eigenvalue weighted by Crippen LogP contribution is -2.48. The summed E-state index contributed by atoms with van der Waals surface area (Å²) in [5.74, 6) is -0.119. The Morgan fingerprint density at radius 2 is 1.68 bits per heavy atom. The first-order valence-electron chi connectivity index (χ1n) is 13.1. The van der Waals surface area contributed by atoms with Crippen LogP contribution in [0.5, 0.6) is 0 Å². The van der Waals surface area contributed by atoms with Gasteiger partial charge in [-0.15, -0.1) is 0 Å². The molecule has 3 aromatic rings. The normalized spacial score (nSPS) is 14.9. The lowest BCUT2D eigenvalue weighted by molar-refractivity contribution is -0.896. The molecule has 0 spiro atoms. The molecule has 3 aromatic carbocycles. The predicted molar refractivity (Wildman–Crippen MR) is 150 cm³/mol. The Morgan fingerprint density at radius 1 is 0.947 bits per heavy atom. The molecule has 38 heavy (non-hydrogen) atoms. The summed E-state index contributed by atoms with van der Waals surface area (Å²) >= 11 is 0. The summed E-state index contributed by atoms with van der Waals surface area (Å²) in [5.41, 5.74) is 5.56. The van der Waals surface area contributed by atoms with Gasteiger partial charge in [0.25, 0.3) is 0 Å². The molecule has 1 aliphatic rings. The largest absolute Gasteiger partial charge is 0.446 e. The van der Waals surface area contributed by atoms with Crippen LogP contribution >= 0.6 is 0 Å². The van der Waals surface area contributed by atoms with Gasteiger partial charge in [-0.2, -0.15) is 0 Å². The number of carbonyl (C=O) groups is 3. The summed E-state index contributed by atoms with van der Waals surface area (Å²) in [6.45, 7) is 3.81. The van der Waals surface area contributed by atoms with Crippen LogP contribution in [0.25, 0.3) is 11.1 Å². The number of carbonyl (C=O) groups excluding carboxylic acids is 3. The third-order valence-corrected chi connectivity index (χ3v) is 7.09. The zero-order valence-electron chi connectivity index (χ0n) is 22.3. The summed E-state index contributed by atoms with van der Waals surface area (Å²) in [6.07, 6.45) is 2.72. The summed E-state index contributed by atoms with van der Waals surface area (Å²) in [6, 6.07) is 20.9. The van der Waals surface area contributed by atoms with Gasteiger partial charge >= 0.3 is 6.09 Å². The first-order valence-corrected chi connectivity index (χ1v) is 13.1. The van der Waals surface area contributed by atoms with E-state index < -0.39 is 6.09 Å². The first kappa shape index (κ1) is 27.1. The molecule has 2 amide bonds. The van der Waals surface area contributed by atoms with Crippen LogP contribution in [0.4, 0.5) is 16.2 Å². The van der Waals surface area contributed by atoms with Gasteiger partial charge in [0.2, 0.25) is 5.91 Å². The number of aldehydes is 1. The standard InChI is InChI=1S/C31H35N3O4/c1-22-19-24(21-35)10-13-28(22)32-30(36)14-11-23-9-12-27(25-7-5-4-6-8-25)29(20-23)33-31(37)38-26-15-17-34(2,3)18-16-26/h4-10,12-13,19-21,26H,11,14-18H2,1-3H3,(H-,32,33,35,36,37)/p+1. The number of hydrogen-bond acceptors (Lipinski definition) is 4. The number of rotatable bonds is 8. The SMILES string of the molecule is Cc1cc(C=O)ccc1NC(=O)CCc1ccc(-c2ccccc2)c(NC(=O)OC2CC[N+](C)(C)CC2)c1. The van der Waals surface area contributed by atoms with Gasteiger partial charge in [0.05, 0.1) is 32.9 Å². The number of aryl methyl sites for hydroxylation is 2. The van der Waals surface area contributed by atoms with E-state index in [-0.39, 0.29) is 18.4 Å². The highest BCUT2D eigenvalue weighted by atomic mass is 16.6. The lowest BCUT2D eigenvalue weighted by Gasteiger charge is -2.36. The second kappa shape index (κ2) is 12.0. The number of nitrogens with one attached hydrogen (secondary N) is 2. The zero-order valence-corrected chi connectivity index (χ0v) is 22.3. The van der Waals surface area contributed by atoms with Gasteiger partial charge < -0.3 is 14.5 Å². The van der Waals surface area contributed by atoms with E-state index in [1.165, 1.54) is 0 Å². The topological polar surface area (TPSA) is 84.5 Å². The molecular formula is C31H36N3O4+. The monoisotopic (exact) mass is 514 g/mol. The molecule has 0 aromatic heterocycles. The molecule has 0 atom stereocenters. The Kier molecular flexibility index (Phi) is 8.59. The number of likely N-dealkylation sites (tertiary alicyclic amines) is 1. The van der Waals surface area contributed by atoms with Crippen molar-refractivity contribution in [1.29, 1.82) is 0 Å². The first-order chi connectivity index (χ1) is 18.2. The molecule has 0 radical (unpaired) electrons. The van der Waals surface area contributed by atoms with Crippen LogP contribution in [0.3, 0.4) is 0 Å². The van der Waals surface area contributed by atoms with Crippen LogP contribution in [-0.2, 0) is 16.0 Å². The highest BCUT2D eigenvalue weighted by molar-refractivity contribution is 5.93. The number of anilines is 2. The Labute approximate surface area is 224 Å². The molecule has 0 unspecified atom stereocenters. The molecule has 0 saturated carbocycles. The molecule has 4 rings (SSSR count). The third kappa shape index (κ3) is 7.29. The van der Waals surface area contributed by atoms with Crippen LogP contribution in [-0.4, -0.2) is 56.1 Å². The molecule has 1 saturated heterocycles. The van der Waals surface area contributed by atoms with Crippen molar-refractivity contribution < 1.29 is 23.6 Å². The summed E-state index contributed by atoms with van der Waals surface area (Å²) in [5, 5.41) is 5.89. The van der Waals surface area contributed by atoms with Crippen LogP contribution < -0.4 is 10.6 Å². The van der Waals surface area contributed by atoms with Crippen LogP contribution in [0.1, 0.15) is 40.7 Å². The van der Waals surface area contributed by atoms with E-state index in [4.69, 9.17) is 4.74 Å². The van der Waals surface area contributed by atoms with Crippen molar-refractivity contribution in [1.82, 2.24) is 0 Å². The molecule has 0 bridgehead atoms. The van der Waals surface area contributed by atoms with Gasteiger partial charge in [-0.05, 0) is 54.3 Å². The molecule has 1 aliphatic heterocycles. The minimum Gasteiger partial charge on any atom is -0.446 e. The summed E-state index contributed by atoms with van der Waals surface area (Å²) in [7, 11) is 4.39. The number of hydrogen-bond donors (Lipinski definition) is 2. The van der Waals surface area contributed by atoms with Crippen LogP contribution in [0, 0.1) is 6.92 Å². The average molecular weight is 515 g/mol. The number of quaternary nitrogens is 1. The van der Waals surface area contributed by atoms with Crippen molar-refractivity contribution in [3.05, 3.63) is 83.4 Å². The van der Waals surface area contributed by atoms with E-state index in [0.717, 1.165) is 59.0 Å². The molecule has 7 nitrogen and oxygen atoms in total. The number of ether oxygens (including phenoxy) is 1. The fourth-order valence-corrected chi connectivity index (χ4v) is 4.74. The molecular weight excluding hydrogens is 478 g/mol. The Morgan fingerprint density at radius 3 is 2.37 bits per heavy atom. The maximum absolute atomic E-state index is 12.9. The van der Waals surface area contributed by atoms with E-state index in [1.807, 2.05) is 55.5 Å².